The molecule has 7 heteroatoms. The second-order valence-corrected chi connectivity index (χ2v) is 10.0. The van der Waals surface area contributed by atoms with Crippen molar-refractivity contribution in [3.63, 3.8) is 0 Å². The van der Waals surface area contributed by atoms with Crippen molar-refractivity contribution in [1.82, 2.24) is 24.7 Å². The van der Waals surface area contributed by atoms with E-state index in [4.69, 9.17) is 0 Å². The maximum absolute atomic E-state index is 13.0. The molecule has 172 valence electrons. The highest BCUT2D eigenvalue weighted by molar-refractivity contribution is 6.03. The molecule has 3 heterocycles. The first kappa shape index (κ1) is 21.9. The predicted octanol–water partition coefficient (Wildman–Crippen LogP) is 5.58. The van der Waals surface area contributed by atoms with Crippen LogP contribution in [0, 0.1) is 5.41 Å². The van der Waals surface area contributed by atoms with Gasteiger partial charge in [-0.1, -0.05) is 39.0 Å². The highest BCUT2D eigenvalue weighted by Gasteiger charge is 2.26. The zero-order valence-corrected chi connectivity index (χ0v) is 19.7. The lowest BCUT2D eigenvalue weighted by molar-refractivity contribution is 0.102. The van der Waals surface area contributed by atoms with Crippen LogP contribution >= 0.6 is 0 Å². The maximum Gasteiger partial charge on any atom is 0.274 e. The Morgan fingerprint density at radius 2 is 1.88 bits per heavy atom. The number of rotatable bonds is 6. The van der Waals surface area contributed by atoms with Crippen molar-refractivity contribution in [3.8, 4) is 22.5 Å². The van der Waals surface area contributed by atoms with E-state index in [9.17, 15) is 4.79 Å². The fraction of sp³-hybridized carbons (Fsp3) is 0.296. The van der Waals surface area contributed by atoms with Crippen molar-refractivity contribution in [1.29, 1.82) is 0 Å². The van der Waals surface area contributed by atoms with Crippen LogP contribution in [-0.2, 0) is 6.42 Å². The van der Waals surface area contributed by atoms with E-state index in [1.54, 1.807) is 18.6 Å². The van der Waals surface area contributed by atoms with Gasteiger partial charge in [0.2, 0.25) is 0 Å². The van der Waals surface area contributed by atoms with Crippen molar-refractivity contribution in [2.45, 2.75) is 46.1 Å². The number of carbonyl (C=O) groups excluding carboxylic acids is 1. The van der Waals surface area contributed by atoms with Gasteiger partial charge in [-0.15, -0.1) is 10.2 Å². The van der Waals surface area contributed by atoms with E-state index in [2.05, 4.69) is 50.8 Å². The van der Waals surface area contributed by atoms with Crippen LogP contribution in [0.4, 0.5) is 5.69 Å². The molecule has 3 aromatic heterocycles. The second kappa shape index (κ2) is 8.82. The first-order valence-electron chi connectivity index (χ1n) is 11.6. The summed E-state index contributed by atoms with van der Waals surface area (Å²) in [6.07, 6.45) is 8.50. The average Bonchev–Trinajstić information content (AvgIpc) is 3.55. The van der Waals surface area contributed by atoms with Crippen LogP contribution in [0.25, 0.3) is 22.5 Å². The first-order valence-corrected chi connectivity index (χ1v) is 11.6. The highest BCUT2D eigenvalue weighted by atomic mass is 16.1. The van der Waals surface area contributed by atoms with Gasteiger partial charge in [-0.05, 0) is 60.6 Å². The Kier molecular flexibility index (Phi) is 5.69. The van der Waals surface area contributed by atoms with Gasteiger partial charge in [0.1, 0.15) is 12.0 Å². The molecule has 0 saturated heterocycles. The Hall–Kier alpha value is -3.87. The number of nitrogens with zero attached hydrogens (tertiary/aromatic N) is 5. The van der Waals surface area contributed by atoms with Gasteiger partial charge in [-0.25, -0.2) is 0 Å². The topological polar surface area (TPSA) is 85.6 Å². The molecule has 0 radical (unpaired) electrons. The van der Waals surface area contributed by atoms with Gasteiger partial charge in [-0.2, -0.15) is 0 Å². The molecule has 1 amide bonds. The number of hydrogen-bond donors (Lipinski definition) is 1. The van der Waals surface area contributed by atoms with Crippen LogP contribution in [0.1, 0.15) is 55.8 Å². The maximum atomic E-state index is 13.0. The Morgan fingerprint density at radius 3 is 2.62 bits per heavy atom. The predicted molar refractivity (Wildman–Crippen MR) is 132 cm³/mol. The average molecular weight is 453 g/mol. The summed E-state index contributed by atoms with van der Waals surface area (Å²) in [6.45, 7) is 6.60. The molecule has 4 aromatic rings. The van der Waals surface area contributed by atoms with Gasteiger partial charge < -0.3 is 9.88 Å². The summed E-state index contributed by atoms with van der Waals surface area (Å²) in [5, 5.41) is 11.3. The van der Waals surface area contributed by atoms with Crippen molar-refractivity contribution in [2.24, 2.45) is 5.41 Å². The fourth-order valence-corrected chi connectivity index (χ4v) is 3.98. The van der Waals surface area contributed by atoms with Gasteiger partial charge in [0.05, 0.1) is 0 Å². The van der Waals surface area contributed by atoms with E-state index >= 15 is 0 Å². The van der Waals surface area contributed by atoms with E-state index in [0.29, 0.717) is 17.4 Å². The zero-order valence-electron chi connectivity index (χ0n) is 19.7. The summed E-state index contributed by atoms with van der Waals surface area (Å²) in [4.78, 5) is 21.9. The molecule has 0 bridgehead atoms. The number of benzene rings is 1. The van der Waals surface area contributed by atoms with Crippen molar-refractivity contribution in [3.05, 3.63) is 78.6 Å². The molecule has 1 fully saturated rings. The lowest BCUT2D eigenvalue weighted by Crippen LogP contribution is -2.13. The molecule has 0 atom stereocenters. The molecule has 1 aromatic carbocycles. The standard InChI is InChI=1S/C27H28N6O/c1-27(2,3)15-22-8-7-20(16-29-22)18-11-12-28-24(14-18)26(34)31-21-6-4-5-19(13-21)25-32-30-17-33(25)23-9-10-23/h4-8,11-14,16-17,23H,9-10,15H2,1-3H3,(H,31,34). The number of amides is 1. The lowest BCUT2D eigenvalue weighted by Gasteiger charge is -2.17. The molecule has 1 aliphatic carbocycles. The van der Waals surface area contributed by atoms with Crippen LogP contribution in [-0.4, -0.2) is 30.6 Å². The largest absolute Gasteiger partial charge is 0.321 e. The zero-order chi connectivity index (χ0) is 23.7. The Balaban J connectivity index is 1.32. The van der Waals surface area contributed by atoms with Crippen molar-refractivity contribution >= 4 is 11.6 Å². The number of anilines is 1. The minimum atomic E-state index is -0.264. The summed E-state index contributed by atoms with van der Waals surface area (Å²) in [6, 6.07) is 15.9. The van der Waals surface area contributed by atoms with Crippen LogP contribution in [0.15, 0.2) is 67.3 Å². The Bertz CT molecular complexity index is 1320. The second-order valence-electron chi connectivity index (χ2n) is 10.0. The van der Waals surface area contributed by atoms with Crippen LogP contribution in [0.2, 0.25) is 0 Å². The minimum absolute atomic E-state index is 0.182. The fourth-order valence-electron chi connectivity index (χ4n) is 3.98. The van der Waals surface area contributed by atoms with Gasteiger partial charge in [0.25, 0.3) is 5.91 Å². The van der Waals surface area contributed by atoms with Crippen molar-refractivity contribution in [2.75, 3.05) is 5.32 Å². The number of carbonyl (C=O) groups is 1. The highest BCUT2D eigenvalue weighted by Crippen LogP contribution is 2.37. The normalized spacial score (nSPS) is 13.6. The SMILES string of the molecule is CC(C)(C)Cc1ccc(-c2ccnc(C(=O)Nc3cccc(-c4nncn4C4CC4)c3)c2)cn1. The quantitative estimate of drug-likeness (QED) is 0.413. The summed E-state index contributed by atoms with van der Waals surface area (Å²) in [7, 11) is 0. The number of nitrogens with one attached hydrogen (secondary N) is 1. The number of hydrogen-bond acceptors (Lipinski definition) is 5. The number of pyridine rings is 2. The van der Waals surface area contributed by atoms with E-state index in [1.807, 2.05) is 48.7 Å². The molecule has 7 nitrogen and oxygen atoms in total. The van der Waals surface area contributed by atoms with Crippen molar-refractivity contribution < 1.29 is 4.79 Å². The third-order valence-corrected chi connectivity index (χ3v) is 5.75. The summed E-state index contributed by atoms with van der Waals surface area (Å²) in [5.74, 6) is 0.557. The minimum Gasteiger partial charge on any atom is -0.321 e. The molecule has 1 N–H and O–H groups in total. The smallest absolute Gasteiger partial charge is 0.274 e. The molecule has 34 heavy (non-hydrogen) atoms. The molecule has 0 spiro atoms. The van der Waals surface area contributed by atoms with Gasteiger partial charge in [-0.3, -0.25) is 14.8 Å². The summed E-state index contributed by atoms with van der Waals surface area (Å²) in [5.41, 5.74) is 5.06. The van der Waals surface area contributed by atoms with Gasteiger partial charge >= 0.3 is 0 Å². The van der Waals surface area contributed by atoms with Gasteiger partial charge in [0, 0.05) is 40.9 Å². The monoisotopic (exact) mass is 452 g/mol. The molecule has 0 unspecified atom stereocenters. The summed E-state index contributed by atoms with van der Waals surface area (Å²) < 4.78 is 2.10. The van der Waals surface area contributed by atoms with E-state index < -0.39 is 0 Å². The molecule has 5 rings (SSSR count). The molecular weight excluding hydrogens is 424 g/mol. The van der Waals surface area contributed by atoms with E-state index in [0.717, 1.165) is 47.5 Å². The third kappa shape index (κ3) is 5.03. The lowest BCUT2D eigenvalue weighted by atomic mass is 9.90. The van der Waals surface area contributed by atoms with Crippen LogP contribution in [0.5, 0.6) is 0 Å². The Labute approximate surface area is 199 Å². The first-order chi connectivity index (χ1) is 16.4. The summed E-state index contributed by atoms with van der Waals surface area (Å²) >= 11 is 0. The number of aromatic nitrogens is 5. The van der Waals surface area contributed by atoms with E-state index in [1.165, 1.54) is 0 Å². The van der Waals surface area contributed by atoms with Crippen LogP contribution in [0.3, 0.4) is 0 Å². The molecule has 0 aliphatic heterocycles. The molecule has 1 saturated carbocycles. The van der Waals surface area contributed by atoms with Gasteiger partial charge in [0.15, 0.2) is 5.82 Å². The molecular formula is C27H28N6O. The molecule has 1 aliphatic rings. The third-order valence-electron chi connectivity index (χ3n) is 5.75. The Morgan fingerprint density at radius 1 is 1.03 bits per heavy atom. The van der Waals surface area contributed by atoms with E-state index in [-0.39, 0.29) is 11.3 Å². The van der Waals surface area contributed by atoms with Crippen LogP contribution < -0.4 is 5.32 Å².